The van der Waals surface area contributed by atoms with Crippen LogP contribution in [-0.4, -0.2) is 57.2 Å². The third-order valence-corrected chi connectivity index (χ3v) is 6.76. The number of esters is 1. The predicted molar refractivity (Wildman–Crippen MR) is 129 cm³/mol. The van der Waals surface area contributed by atoms with Crippen LogP contribution in [0.25, 0.3) is 0 Å². The lowest BCUT2D eigenvalue weighted by atomic mass is 9.78. The van der Waals surface area contributed by atoms with Gasteiger partial charge in [-0.1, -0.05) is 29.8 Å². The number of aryl methyl sites for hydroxylation is 1. The molecule has 0 radical (unpaired) electrons. The maximum Gasteiger partial charge on any atom is 0.331 e. The summed E-state index contributed by atoms with van der Waals surface area (Å²) in [5.74, 6) is -0.521. The molecule has 1 aliphatic carbocycles. The van der Waals surface area contributed by atoms with E-state index in [0.29, 0.717) is 62.6 Å². The van der Waals surface area contributed by atoms with Crippen molar-refractivity contribution in [2.45, 2.75) is 50.4 Å². The highest BCUT2D eigenvalue weighted by molar-refractivity contribution is 5.98. The summed E-state index contributed by atoms with van der Waals surface area (Å²) in [6, 6.07) is 13.2. The summed E-state index contributed by atoms with van der Waals surface area (Å²) in [6.45, 7) is 3.56. The third-order valence-electron chi connectivity index (χ3n) is 6.76. The van der Waals surface area contributed by atoms with Crippen LogP contribution in [0.15, 0.2) is 42.5 Å². The summed E-state index contributed by atoms with van der Waals surface area (Å²) in [4.78, 5) is 26.0. The Labute approximate surface area is 205 Å². The monoisotopic (exact) mass is 483 g/mol. The fourth-order valence-electron chi connectivity index (χ4n) is 4.79. The van der Waals surface area contributed by atoms with Crippen LogP contribution in [-0.2, 0) is 25.4 Å². The van der Waals surface area contributed by atoms with E-state index in [9.17, 15) is 9.59 Å². The topological polar surface area (TPSA) is 92.3 Å². The van der Waals surface area contributed by atoms with Crippen LogP contribution in [0.2, 0.25) is 0 Å². The zero-order valence-electron chi connectivity index (χ0n) is 20.6. The fraction of sp³-hybridized carbons (Fsp3) is 0.481. The number of carbonyl (C=O) groups excluding carboxylic acids is 2. The second-order valence-corrected chi connectivity index (χ2v) is 9.09. The SMILES string of the molecule is COC(=O)C1(NC(=O)c2ccc(OC)c(OCCc3cccc(C)c3)c2)CCC2(CC1)OCCO2. The summed E-state index contributed by atoms with van der Waals surface area (Å²) in [7, 11) is 2.89. The van der Waals surface area contributed by atoms with Crippen LogP contribution < -0.4 is 14.8 Å². The molecule has 2 fully saturated rings. The Morgan fingerprint density at radius 1 is 0.971 bits per heavy atom. The van der Waals surface area contributed by atoms with Crippen molar-refractivity contribution in [3.8, 4) is 11.5 Å². The predicted octanol–water partition coefficient (Wildman–Crippen LogP) is 3.58. The Bertz CT molecular complexity index is 1050. The Kier molecular flexibility index (Phi) is 7.62. The number of hydrogen-bond acceptors (Lipinski definition) is 7. The van der Waals surface area contributed by atoms with E-state index in [1.165, 1.54) is 18.2 Å². The number of carbonyl (C=O) groups is 2. The van der Waals surface area contributed by atoms with Crippen molar-refractivity contribution in [3.63, 3.8) is 0 Å². The van der Waals surface area contributed by atoms with Gasteiger partial charge in [0.1, 0.15) is 5.54 Å². The Balaban J connectivity index is 1.46. The minimum atomic E-state index is -1.14. The highest BCUT2D eigenvalue weighted by Gasteiger charge is 2.51. The molecule has 2 aliphatic rings. The third kappa shape index (κ3) is 5.60. The second kappa shape index (κ2) is 10.7. The molecule has 0 bridgehead atoms. The highest BCUT2D eigenvalue weighted by atomic mass is 16.7. The quantitative estimate of drug-likeness (QED) is 0.574. The maximum atomic E-state index is 13.3. The molecular formula is C27H33NO7. The van der Waals surface area contributed by atoms with Crippen LogP contribution in [0.1, 0.15) is 47.2 Å². The first-order valence-electron chi connectivity index (χ1n) is 11.9. The zero-order chi connectivity index (χ0) is 24.9. The molecule has 1 aliphatic heterocycles. The molecule has 2 aromatic carbocycles. The molecule has 0 atom stereocenters. The first kappa shape index (κ1) is 25.0. The zero-order valence-corrected chi connectivity index (χ0v) is 20.6. The molecule has 1 saturated heterocycles. The van der Waals surface area contributed by atoms with Gasteiger partial charge in [0, 0.05) is 24.8 Å². The molecule has 8 heteroatoms. The van der Waals surface area contributed by atoms with Crippen LogP contribution >= 0.6 is 0 Å². The number of ether oxygens (including phenoxy) is 5. The van der Waals surface area contributed by atoms with Gasteiger partial charge in [-0.05, 0) is 43.5 Å². The smallest absolute Gasteiger partial charge is 0.331 e. The number of benzene rings is 2. The van der Waals surface area contributed by atoms with E-state index in [1.807, 2.05) is 6.07 Å². The number of nitrogens with one attached hydrogen (secondary N) is 1. The Morgan fingerprint density at radius 2 is 1.71 bits per heavy atom. The molecule has 1 heterocycles. The molecule has 1 N–H and O–H groups in total. The average Bonchev–Trinajstić information content (AvgIpc) is 3.33. The van der Waals surface area contributed by atoms with Gasteiger partial charge in [0.25, 0.3) is 5.91 Å². The number of methoxy groups -OCH3 is 2. The number of amides is 1. The molecule has 0 aromatic heterocycles. The van der Waals surface area contributed by atoms with E-state index in [2.05, 4.69) is 30.4 Å². The molecule has 188 valence electrons. The van der Waals surface area contributed by atoms with Crippen LogP contribution in [0.3, 0.4) is 0 Å². The van der Waals surface area contributed by atoms with Gasteiger partial charge >= 0.3 is 5.97 Å². The molecule has 2 aromatic rings. The van der Waals surface area contributed by atoms with E-state index in [4.69, 9.17) is 23.7 Å². The van der Waals surface area contributed by atoms with Gasteiger partial charge in [-0.3, -0.25) is 4.79 Å². The van der Waals surface area contributed by atoms with Gasteiger partial charge in [-0.15, -0.1) is 0 Å². The Morgan fingerprint density at radius 3 is 2.37 bits per heavy atom. The average molecular weight is 484 g/mol. The first-order valence-corrected chi connectivity index (χ1v) is 11.9. The molecule has 8 nitrogen and oxygen atoms in total. The molecule has 1 amide bonds. The molecule has 1 saturated carbocycles. The lowest BCUT2D eigenvalue weighted by Gasteiger charge is -2.42. The van der Waals surface area contributed by atoms with Gasteiger partial charge in [0.05, 0.1) is 34.0 Å². The summed E-state index contributed by atoms with van der Waals surface area (Å²) in [6.07, 6.45) is 2.44. The minimum absolute atomic E-state index is 0.363. The van der Waals surface area contributed by atoms with E-state index in [0.717, 1.165) is 6.42 Å². The fourth-order valence-corrected chi connectivity index (χ4v) is 4.79. The lowest BCUT2D eigenvalue weighted by molar-refractivity contribution is -0.191. The van der Waals surface area contributed by atoms with Crippen LogP contribution in [0, 0.1) is 6.92 Å². The van der Waals surface area contributed by atoms with Gasteiger partial charge in [0.15, 0.2) is 17.3 Å². The summed E-state index contributed by atoms with van der Waals surface area (Å²) < 4.78 is 28.0. The molecular weight excluding hydrogens is 450 g/mol. The molecule has 1 spiro atoms. The van der Waals surface area contributed by atoms with Crippen molar-refractivity contribution in [3.05, 3.63) is 59.2 Å². The van der Waals surface area contributed by atoms with Gasteiger partial charge in [0.2, 0.25) is 0 Å². The largest absolute Gasteiger partial charge is 0.493 e. The van der Waals surface area contributed by atoms with E-state index in [1.54, 1.807) is 25.3 Å². The molecule has 35 heavy (non-hydrogen) atoms. The number of hydrogen-bond donors (Lipinski definition) is 1. The Hall–Kier alpha value is -3.10. The lowest BCUT2D eigenvalue weighted by Crippen LogP contribution is -2.59. The molecule has 0 unspecified atom stereocenters. The van der Waals surface area contributed by atoms with Gasteiger partial charge < -0.3 is 29.0 Å². The van der Waals surface area contributed by atoms with Crippen LogP contribution in [0.4, 0.5) is 0 Å². The maximum absolute atomic E-state index is 13.3. The summed E-state index contributed by atoms with van der Waals surface area (Å²) in [5.41, 5.74) is 1.59. The standard InChI is InChI=1S/C27H33NO7/c1-19-5-4-6-20(17-19)9-14-33-23-18-21(7-8-22(23)31-2)24(29)28-26(25(30)32-3)10-12-27(13-11-26)34-15-16-35-27/h4-8,17-18H,9-16H2,1-3H3,(H,28,29). The van der Waals surface area contributed by atoms with Crippen molar-refractivity contribution < 1.29 is 33.3 Å². The summed E-state index contributed by atoms with van der Waals surface area (Å²) >= 11 is 0. The summed E-state index contributed by atoms with van der Waals surface area (Å²) in [5, 5.41) is 2.94. The number of rotatable bonds is 8. The van der Waals surface area contributed by atoms with Crippen molar-refractivity contribution in [2.24, 2.45) is 0 Å². The van der Waals surface area contributed by atoms with E-state index < -0.39 is 17.3 Å². The van der Waals surface area contributed by atoms with Crippen molar-refractivity contribution in [1.82, 2.24) is 5.32 Å². The normalized spacial score (nSPS) is 18.1. The van der Waals surface area contributed by atoms with E-state index in [-0.39, 0.29) is 5.91 Å². The minimum Gasteiger partial charge on any atom is -0.493 e. The first-order chi connectivity index (χ1) is 16.9. The van der Waals surface area contributed by atoms with Crippen molar-refractivity contribution >= 4 is 11.9 Å². The van der Waals surface area contributed by atoms with Crippen molar-refractivity contribution in [2.75, 3.05) is 34.0 Å². The van der Waals surface area contributed by atoms with Gasteiger partial charge in [-0.2, -0.15) is 0 Å². The second-order valence-electron chi connectivity index (χ2n) is 9.09. The van der Waals surface area contributed by atoms with Crippen LogP contribution in [0.5, 0.6) is 11.5 Å². The highest BCUT2D eigenvalue weighted by Crippen LogP contribution is 2.41. The van der Waals surface area contributed by atoms with Crippen molar-refractivity contribution in [1.29, 1.82) is 0 Å². The van der Waals surface area contributed by atoms with Gasteiger partial charge in [-0.25, -0.2) is 4.79 Å². The van der Waals surface area contributed by atoms with E-state index >= 15 is 0 Å². The molecule has 4 rings (SSSR count).